The fourth-order valence-corrected chi connectivity index (χ4v) is 0.204. The molecule has 0 atom stereocenters. The van der Waals surface area contributed by atoms with E-state index in [0.717, 1.165) is 6.54 Å². The molecule has 0 radical (unpaired) electrons. The summed E-state index contributed by atoms with van der Waals surface area (Å²) in [5.74, 6) is 5.16. The second kappa shape index (κ2) is 9.99. The molecule has 0 aromatic heterocycles. The van der Waals surface area contributed by atoms with Gasteiger partial charge in [-0.05, 0) is 0 Å². The van der Waals surface area contributed by atoms with Crippen LogP contribution in [-0.2, 0) is 0 Å². The van der Waals surface area contributed by atoms with Gasteiger partial charge in [-0.15, -0.1) is 0 Å². The minimum absolute atomic E-state index is 0. The smallest absolute Gasteiger partial charge is 0.0248 e. The Balaban J connectivity index is -0.000000125. The van der Waals surface area contributed by atoms with Crippen LogP contribution in [0.25, 0.3) is 0 Å². The number of rotatable bonds is 2. The molecule has 0 aliphatic heterocycles. The fourth-order valence-electron chi connectivity index (χ4n) is 0.204. The first-order valence-electron chi connectivity index (χ1n) is 1.93. The van der Waals surface area contributed by atoms with Gasteiger partial charge in [-0.3, -0.25) is 5.84 Å². The number of hydrogen-bond donors (Lipinski definition) is 2. The highest BCUT2D eigenvalue weighted by molar-refractivity contribution is 4.36. The molecule has 0 aliphatic carbocycles. The SMILES string of the molecule is C.C.CN(N)CCN. The van der Waals surface area contributed by atoms with Gasteiger partial charge in [0.15, 0.2) is 0 Å². The van der Waals surface area contributed by atoms with E-state index in [9.17, 15) is 0 Å². The highest BCUT2D eigenvalue weighted by atomic mass is 15.4. The van der Waals surface area contributed by atoms with Crippen LogP contribution in [0.4, 0.5) is 0 Å². The molecule has 54 valence electrons. The van der Waals surface area contributed by atoms with Crippen molar-refractivity contribution in [2.45, 2.75) is 14.9 Å². The minimum atomic E-state index is 0. The molecule has 3 nitrogen and oxygen atoms in total. The van der Waals surface area contributed by atoms with Crippen molar-refractivity contribution in [3.8, 4) is 0 Å². The van der Waals surface area contributed by atoms with Crippen molar-refractivity contribution in [2.75, 3.05) is 20.1 Å². The average Bonchev–Trinajstić information content (AvgIpc) is 1.35. The van der Waals surface area contributed by atoms with Crippen LogP contribution in [-0.4, -0.2) is 25.1 Å². The highest BCUT2D eigenvalue weighted by Crippen LogP contribution is 1.58. The van der Waals surface area contributed by atoms with Gasteiger partial charge in [0.05, 0.1) is 0 Å². The zero-order valence-corrected chi connectivity index (χ0v) is 4.02. The molecule has 0 saturated carbocycles. The third-order valence-electron chi connectivity index (χ3n) is 0.482. The van der Waals surface area contributed by atoms with Gasteiger partial charge in [0.1, 0.15) is 0 Å². The van der Waals surface area contributed by atoms with E-state index in [-0.39, 0.29) is 14.9 Å². The lowest BCUT2D eigenvalue weighted by atomic mass is 10.6. The Morgan fingerprint density at radius 1 is 1.38 bits per heavy atom. The van der Waals surface area contributed by atoms with Crippen LogP contribution < -0.4 is 11.6 Å². The van der Waals surface area contributed by atoms with Crippen LogP contribution in [0.1, 0.15) is 14.9 Å². The first kappa shape index (κ1) is 15.7. The summed E-state index contributed by atoms with van der Waals surface area (Å²) in [5.41, 5.74) is 5.11. The van der Waals surface area contributed by atoms with Crippen molar-refractivity contribution in [2.24, 2.45) is 11.6 Å². The molecular weight excluding hydrogens is 102 g/mol. The van der Waals surface area contributed by atoms with Gasteiger partial charge in [0, 0.05) is 20.1 Å². The number of hydrogen-bond acceptors (Lipinski definition) is 3. The van der Waals surface area contributed by atoms with Crippen LogP contribution in [0.15, 0.2) is 0 Å². The minimum Gasteiger partial charge on any atom is -0.329 e. The second-order valence-electron chi connectivity index (χ2n) is 1.27. The molecule has 0 aromatic rings. The van der Waals surface area contributed by atoms with Gasteiger partial charge in [0.2, 0.25) is 0 Å². The van der Waals surface area contributed by atoms with E-state index >= 15 is 0 Å². The molecule has 0 fully saturated rings. The lowest BCUT2D eigenvalue weighted by molar-refractivity contribution is 0.359. The molecular formula is C5H19N3. The van der Waals surface area contributed by atoms with Crippen molar-refractivity contribution >= 4 is 0 Å². The number of nitrogens with zero attached hydrogens (tertiary/aromatic N) is 1. The Morgan fingerprint density at radius 3 is 1.75 bits per heavy atom. The normalized spacial score (nSPS) is 7.50. The van der Waals surface area contributed by atoms with E-state index in [2.05, 4.69) is 0 Å². The van der Waals surface area contributed by atoms with Gasteiger partial charge in [-0.25, -0.2) is 5.01 Å². The standard InChI is InChI=1S/C3H11N3.2CH4/c1-6(5)3-2-4;;/h2-5H2,1H3;2*1H4. The first-order chi connectivity index (χ1) is 2.77. The Kier molecular flexibility index (Phi) is 19.6. The van der Waals surface area contributed by atoms with E-state index in [4.69, 9.17) is 11.6 Å². The van der Waals surface area contributed by atoms with Gasteiger partial charge in [-0.1, -0.05) is 14.9 Å². The molecule has 4 N–H and O–H groups in total. The lowest BCUT2D eigenvalue weighted by Crippen LogP contribution is -2.31. The average molecular weight is 121 g/mol. The molecule has 3 heteroatoms. The highest BCUT2D eigenvalue weighted by Gasteiger charge is 1.79. The van der Waals surface area contributed by atoms with Crippen molar-refractivity contribution in [1.82, 2.24) is 5.01 Å². The monoisotopic (exact) mass is 121 g/mol. The molecule has 0 bridgehead atoms. The van der Waals surface area contributed by atoms with Gasteiger partial charge in [-0.2, -0.15) is 0 Å². The zero-order valence-electron chi connectivity index (χ0n) is 4.02. The van der Waals surface area contributed by atoms with Crippen LogP contribution in [0.5, 0.6) is 0 Å². The maximum Gasteiger partial charge on any atom is 0.0248 e. The molecule has 0 aliphatic rings. The van der Waals surface area contributed by atoms with Crippen LogP contribution >= 0.6 is 0 Å². The van der Waals surface area contributed by atoms with Crippen LogP contribution in [0, 0.1) is 0 Å². The lowest BCUT2D eigenvalue weighted by Gasteiger charge is -2.03. The summed E-state index contributed by atoms with van der Waals surface area (Å²) in [6.07, 6.45) is 0. The Morgan fingerprint density at radius 2 is 1.75 bits per heavy atom. The summed E-state index contributed by atoms with van der Waals surface area (Å²) in [7, 11) is 1.78. The third-order valence-corrected chi connectivity index (χ3v) is 0.482. The summed E-state index contributed by atoms with van der Waals surface area (Å²) in [6.45, 7) is 1.40. The Labute approximate surface area is 52.6 Å². The molecule has 0 unspecified atom stereocenters. The van der Waals surface area contributed by atoms with Gasteiger partial charge in [0.25, 0.3) is 0 Å². The van der Waals surface area contributed by atoms with Crippen molar-refractivity contribution in [1.29, 1.82) is 0 Å². The molecule has 0 amide bonds. The third kappa shape index (κ3) is 16.9. The number of nitrogens with two attached hydrogens (primary N) is 2. The molecule has 0 aromatic carbocycles. The Hall–Kier alpha value is -0.120. The quantitative estimate of drug-likeness (QED) is 0.400. The molecule has 8 heavy (non-hydrogen) atoms. The van der Waals surface area contributed by atoms with Gasteiger partial charge < -0.3 is 5.73 Å². The van der Waals surface area contributed by atoms with Crippen molar-refractivity contribution < 1.29 is 0 Å². The van der Waals surface area contributed by atoms with Crippen molar-refractivity contribution in [3.05, 3.63) is 0 Å². The predicted octanol–water partition coefficient (Wildman–Crippen LogP) is 0.0228. The summed E-state index contributed by atoms with van der Waals surface area (Å²) < 4.78 is 0. The van der Waals surface area contributed by atoms with Crippen molar-refractivity contribution in [3.63, 3.8) is 0 Å². The summed E-state index contributed by atoms with van der Waals surface area (Å²) in [5, 5.41) is 1.56. The molecule has 0 heterocycles. The van der Waals surface area contributed by atoms with Crippen LogP contribution in [0.3, 0.4) is 0 Å². The summed E-state index contributed by atoms with van der Waals surface area (Å²) >= 11 is 0. The van der Waals surface area contributed by atoms with E-state index in [0.29, 0.717) is 6.54 Å². The number of hydrazine groups is 1. The largest absolute Gasteiger partial charge is 0.329 e. The van der Waals surface area contributed by atoms with Gasteiger partial charge >= 0.3 is 0 Å². The topological polar surface area (TPSA) is 55.3 Å². The van der Waals surface area contributed by atoms with E-state index in [1.54, 1.807) is 12.1 Å². The zero-order chi connectivity index (χ0) is 4.99. The predicted molar refractivity (Wildman–Crippen MR) is 39.3 cm³/mol. The Bertz CT molecular complexity index is 28.9. The van der Waals surface area contributed by atoms with Crippen LogP contribution in [0.2, 0.25) is 0 Å². The maximum absolute atomic E-state index is 5.16. The second-order valence-corrected chi connectivity index (χ2v) is 1.27. The molecule has 0 spiro atoms. The van der Waals surface area contributed by atoms with E-state index in [1.807, 2.05) is 0 Å². The van der Waals surface area contributed by atoms with E-state index < -0.39 is 0 Å². The fraction of sp³-hybridized carbons (Fsp3) is 1.00. The molecule has 0 rings (SSSR count). The number of likely N-dealkylation sites (N-methyl/N-ethyl adjacent to an activating group) is 1. The first-order valence-corrected chi connectivity index (χ1v) is 1.93. The van der Waals surface area contributed by atoms with E-state index in [1.165, 1.54) is 0 Å². The maximum atomic E-state index is 5.16. The molecule has 0 saturated heterocycles. The summed E-state index contributed by atoms with van der Waals surface area (Å²) in [4.78, 5) is 0. The summed E-state index contributed by atoms with van der Waals surface area (Å²) in [6, 6.07) is 0.